The molecule has 0 fully saturated rings. The van der Waals surface area contributed by atoms with E-state index < -0.39 is 45.0 Å². The molecule has 4 N–H and O–H groups in total. The van der Waals surface area contributed by atoms with Crippen LogP contribution in [0.15, 0.2) is 75.5 Å². The molecular weight excluding hydrogens is 519 g/mol. The summed E-state index contributed by atoms with van der Waals surface area (Å²) in [5.74, 6) is 0. The van der Waals surface area contributed by atoms with Gasteiger partial charge in [-0.15, -0.1) is 0 Å². The number of pyridine rings is 1. The first-order valence-electron chi connectivity index (χ1n) is 8.90. The molecule has 15 heteroatoms. The topological polar surface area (TPSA) is 188 Å². The van der Waals surface area contributed by atoms with E-state index in [2.05, 4.69) is 10.3 Å². The number of hydrogen-bond donors (Lipinski definition) is 4. The third-order valence-corrected chi connectivity index (χ3v) is 7.29. The Balaban J connectivity index is 0.00000324. The Hall–Kier alpha value is -2.14. The summed E-state index contributed by atoms with van der Waals surface area (Å²) in [7, 11) is -14.8. The summed E-state index contributed by atoms with van der Waals surface area (Å²) in [5.41, 5.74) is 0.738. The van der Waals surface area contributed by atoms with Crippen LogP contribution in [-0.2, 0) is 30.4 Å². The Morgan fingerprint density at radius 2 is 1.29 bits per heavy atom. The van der Waals surface area contributed by atoms with Gasteiger partial charge in [-0.3, -0.25) is 18.6 Å². The van der Waals surface area contributed by atoms with Crippen LogP contribution in [0.4, 0.5) is 11.4 Å². The van der Waals surface area contributed by atoms with Crippen LogP contribution in [0, 0.1) is 0 Å². The summed E-state index contributed by atoms with van der Waals surface area (Å²) >= 11 is 0. The molecule has 1 aromatic heterocycles. The summed E-state index contributed by atoms with van der Waals surface area (Å²) in [4.78, 5) is 1.69. The van der Waals surface area contributed by atoms with Crippen LogP contribution in [0.25, 0.3) is 21.7 Å². The number of aromatic nitrogens is 1. The molecule has 1 radical (unpaired) electrons. The normalized spacial score (nSPS) is 12.4. The van der Waals surface area contributed by atoms with E-state index in [0.717, 1.165) is 18.2 Å². The Labute approximate surface area is 216 Å². The molecule has 0 spiro atoms. The van der Waals surface area contributed by atoms with Crippen LogP contribution < -0.4 is 5.32 Å². The maximum Gasteiger partial charge on any atom is 0.295 e. The summed E-state index contributed by atoms with van der Waals surface area (Å²) in [6, 6.07) is 11.5. The summed E-state index contributed by atoms with van der Waals surface area (Å²) in [5, 5.41) is 2.86. The van der Waals surface area contributed by atoms with Crippen LogP contribution in [0.2, 0.25) is 0 Å². The molecule has 0 bridgehead atoms. The van der Waals surface area contributed by atoms with Crippen LogP contribution >= 0.6 is 0 Å². The number of hydrogen-bond acceptors (Lipinski definition) is 8. The van der Waals surface area contributed by atoms with Crippen LogP contribution in [0.5, 0.6) is 0 Å². The molecule has 3 aromatic carbocycles. The second kappa shape index (κ2) is 9.14. The number of nitrogens with one attached hydrogen (secondary N) is 1. The fourth-order valence-electron chi connectivity index (χ4n) is 3.37. The molecule has 0 aliphatic heterocycles. The van der Waals surface area contributed by atoms with Gasteiger partial charge < -0.3 is 5.32 Å². The standard InChI is InChI=1S/C19H14N2O9S3.Na/c22-31(23,24)12-7-11-8-13(32(25,26)27)10-18(33(28,29)30)19(11)17(9-12)21-16-5-6-20-15-4-2-1-3-14(15)16;/h1-10H,(H,20,21)(H,22,23,24)(H,25,26,27)(H,28,29,30);. The average molecular weight is 534 g/mol. The second-order valence-corrected chi connectivity index (χ2v) is 11.1. The molecule has 0 unspecified atom stereocenters. The monoisotopic (exact) mass is 533 g/mol. The van der Waals surface area contributed by atoms with E-state index in [0.29, 0.717) is 22.7 Å². The van der Waals surface area contributed by atoms with Crippen LogP contribution in [0.1, 0.15) is 0 Å². The van der Waals surface area contributed by atoms with Gasteiger partial charge >= 0.3 is 0 Å². The Morgan fingerprint density at radius 3 is 1.88 bits per heavy atom. The molecule has 0 saturated heterocycles. The number of fused-ring (bicyclic) bond motifs is 2. The number of para-hydroxylation sites is 1. The molecule has 4 aromatic rings. The third-order valence-electron chi connectivity index (χ3n) is 4.75. The van der Waals surface area contributed by atoms with Gasteiger partial charge in [0.1, 0.15) is 4.90 Å². The SMILES string of the molecule is O=S(=O)(O)c1cc(Nc2ccnc3ccccc23)c2c(S(=O)(=O)O)cc(S(=O)(=O)O)cc2c1.[Na]. The van der Waals surface area contributed by atoms with Crippen molar-refractivity contribution in [1.29, 1.82) is 0 Å². The molecule has 0 atom stereocenters. The predicted molar refractivity (Wildman–Crippen MR) is 124 cm³/mol. The minimum atomic E-state index is -5.06. The summed E-state index contributed by atoms with van der Waals surface area (Å²) in [6.45, 7) is 0. The average Bonchev–Trinajstić information content (AvgIpc) is 2.71. The van der Waals surface area contributed by atoms with E-state index >= 15 is 0 Å². The summed E-state index contributed by atoms with van der Waals surface area (Å²) in [6.07, 6.45) is 1.44. The van der Waals surface area contributed by atoms with Crippen LogP contribution in [-0.4, -0.2) is 73.5 Å². The van der Waals surface area contributed by atoms with Gasteiger partial charge in [-0.05, 0) is 41.8 Å². The van der Waals surface area contributed by atoms with Gasteiger partial charge in [-0.2, -0.15) is 25.3 Å². The molecule has 0 amide bonds. The first kappa shape index (κ1) is 26.5. The fourth-order valence-corrected chi connectivity index (χ4v) is 5.29. The largest absolute Gasteiger partial charge is 0.354 e. The van der Waals surface area contributed by atoms with Gasteiger partial charge in [0.15, 0.2) is 0 Å². The minimum absolute atomic E-state index is 0. The van der Waals surface area contributed by atoms with Crippen molar-refractivity contribution >= 4 is 93.0 Å². The van der Waals surface area contributed by atoms with Gasteiger partial charge in [0, 0.05) is 57.9 Å². The maximum atomic E-state index is 12.1. The van der Waals surface area contributed by atoms with Crippen molar-refractivity contribution in [1.82, 2.24) is 4.98 Å². The van der Waals surface area contributed by atoms with Crippen molar-refractivity contribution in [3.8, 4) is 0 Å². The molecule has 4 rings (SSSR count). The van der Waals surface area contributed by atoms with E-state index in [9.17, 15) is 38.9 Å². The van der Waals surface area contributed by atoms with E-state index in [4.69, 9.17) is 0 Å². The van der Waals surface area contributed by atoms with Gasteiger partial charge in [0.05, 0.1) is 15.3 Å². The van der Waals surface area contributed by atoms with Gasteiger partial charge in [0.2, 0.25) is 0 Å². The van der Waals surface area contributed by atoms with Crippen LogP contribution in [0.3, 0.4) is 0 Å². The molecule has 11 nitrogen and oxygen atoms in total. The first-order chi connectivity index (χ1) is 15.2. The quantitative estimate of drug-likeness (QED) is 0.218. The zero-order chi connectivity index (χ0) is 24.2. The van der Waals surface area contributed by atoms with Crippen molar-refractivity contribution in [3.63, 3.8) is 0 Å². The number of benzene rings is 3. The molecule has 0 aliphatic carbocycles. The molecule has 0 aliphatic rings. The van der Waals surface area contributed by atoms with Gasteiger partial charge in [-0.25, -0.2) is 0 Å². The molecule has 1 heterocycles. The van der Waals surface area contributed by atoms with E-state index in [1.54, 1.807) is 24.3 Å². The zero-order valence-electron chi connectivity index (χ0n) is 17.2. The Bertz CT molecular complexity index is 1760. The smallest absolute Gasteiger partial charge is 0.295 e. The number of anilines is 2. The molecule has 0 saturated carbocycles. The van der Waals surface area contributed by atoms with Crippen molar-refractivity contribution in [2.45, 2.75) is 14.7 Å². The van der Waals surface area contributed by atoms with E-state index in [-0.39, 0.29) is 46.0 Å². The second-order valence-electron chi connectivity index (χ2n) is 6.92. The minimum Gasteiger partial charge on any atom is -0.354 e. The van der Waals surface area contributed by atoms with Crippen molar-refractivity contribution in [2.24, 2.45) is 0 Å². The number of rotatable bonds is 5. The summed E-state index contributed by atoms with van der Waals surface area (Å²) < 4.78 is 99.9. The zero-order valence-corrected chi connectivity index (χ0v) is 21.7. The number of nitrogens with zero attached hydrogens (tertiary/aromatic N) is 1. The first-order valence-corrected chi connectivity index (χ1v) is 13.2. The van der Waals surface area contributed by atoms with E-state index in [1.165, 1.54) is 12.3 Å². The Kier molecular flexibility index (Phi) is 7.12. The molecule has 173 valence electrons. The van der Waals surface area contributed by atoms with Crippen molar-refractivity contribution in [3.05, 3.63) is 60.8 Å². The molecule has 34 heavy (non-hydrogen) atoms. The van der Waals surface area contributed by atoms with Crippen molar-refractivity contribution < 1.29 is 38.9 Å². The van der Waals surface area contributed by atoms with Crippen molar-refractivity contribution in [2.75, 3.05) is 5.32 Å². The maximum absolute atomic E-state index is 12.1. The third kappa shape index (κ3) is 5.25. The Morgan fingerprint density at radius 1 is 0.706 bits per heavy atom. The predicted octanol–water partition coefficient (Wildman–Crippen LogP) is 2.49. The molecular formula is C19H14N2NaO9S3. The van der Waals surface area contributed by atoms with Gasteiger partial charge in [0.25, 0.3) is 30.4 Å². The van der Waals surface area contributed by atoms with Gasteiger partial charge in [-0.1, -0.05) is 18.2 Å². The van der Waals surface area contributed by atoms with E-state index in [1.807, 2.05) is 0 Å². The fraction of sp³-hybridized carbons (Fsp3) is 0.